The van der Waals surface area contributed by atoms with E-state index in [1.165, 1.54) is 0 Å². The Bertz CT molecular complexity index is 832. The van der Waals surface area contributed by atoms with Gasteiger partial charge in [-0.2, -0.15) is 0 Å². The van der Waals surface area contributed by atoms with Crippen LogP contribution in [0.3, 0.4) is 0 Å². The molecule has 1 aliphatic rings. The predicted molar refractivity (Wildman–Crippen MR) is 111 cm³/mol. The van der Waals surface area contributed by atoms with Crippen LogP contribution in [0.5, 0.6) is 0 Å². The van der Waals surface area contributed by atoms with Crippen molar-refractivity contribution in [2.24, 2.45) is 4.99 Å². The molecule has 0 saturated heterocycles. The Morgan fingerprint density at radius 2 is 1.70 bits per heavy atom. The third-order valence-electron chi connectivity index (χ3n) is 4.58. The van der Waals surface area contributed by atoms with Gasteiger partial charge in [0.15, 0.2) is 5.54 Å². The average molecular weight is 361 g/mol. The maximum atomic E-state index is 13.0. The summed E-state index contributed by atoms with van der Waals surface area (Å²) in [7, 11) is 0. The van der Waals surface area contributed by atoms with Crippen molar-refractivity contribution in [3.63, 3.8) is 0 Å². The van der Waals surface area contributed by atoms with Gasteiger partial charge in [0.05, 0.1) is 0 Å². The third-order valence-corrected chi connectivity index (χ3v) is 4.58. The lowest BCUT2D eigenvalue weighted by Crippen LogP contribution is -2.40. The quantitative estimate of drug-likeness (QED) is 0.664. The smallest absolute Gasteiger partial charge is 0.334 e. The summed E-state index contributed by atoms with van der Waals surface area (Å²) in [5.74, 6) is -0.237. The van der Waals surface area contributed by atoms with Crippen LogP contribution < -0.4 is 0 Å². The second-order valence-electron chi connectivity index (χ2n) is 7.98. The van der Waals surface area contributed by atoms with Gasteiger partial charge in [0.1, 0.15) is 5.60 Å². The minimum Gasteiger partial charge on any atom is -0.458 e. The second kappa shape index (κ2) is 7.91. The van der Waals surface area contributed by atoms with E-state index in [1.54, 1.807) is 0 Å². The number of aliphatic imine (C=N–C) groups is 1. The van der Waals surface area contributed by atoms with E-state index in [0.29, 0.717) is 12.8 Å². The third kappa shape index (κ3) is 4.94. The van der Waals surface area contributed by atoms with Crippen LogP contribution in [-0.4, -0.2) is 22.8 Å². The van der Waals surface area contributed by atoms with Crippen molar-refractivity contribution >= 4 is 17.8 Å². The molecule has 0 N–H and O–H groups in total. The van der Waals surface area contributed by atoms with Crippen LogP contribution in [0.1, 0.15) is 51.2 Å². The molecule has 2 aromatic carbocycles. The van der Waals surface area contributed by atoms with E-state index in [1.807, 2.05) is 93.6 Å². The zero-order valence-electron chi connectivity index (χ0n) is 16.3. The lowest BCUT2D eigenvalue weighted by atomic mass is 9.91. The SMILES string of the molecule is CC(C)(C)OC(=O)[C@@]1(C/C=C/c2ccccc2)CCC(c2ccccc2)=N1. The van der Waals surface area contributed by atoms with Crippen LogP contribution in [0.25, 0.3) is 6.08 Å². The minimum absolute atomic E-state index is 0.237. The molecule has 0 bridgehead atoms. The number of esters is 1. The number of nitrogens with zero attached hydrogens (tertiary/aromatic N) is 1. The van der Waals surface area contributed by atoms with Crippen molar-refractivity contribution < 1.29 is 9.53 Å². The molecule has 0 amide bonds. The van der Waals surface area contributed by atoms with Gasteiger partial charge in [0.2, 0.25) is 0 Å². The maximum Gasteiger partial charge on any atom is 0.334 e. The van der Waals surface area contributed by atoms with E-state index in [0.717, 1.165) is 23.3 Å². The zero-order chi connectivity index (χ0) is 19.3. The molecule has 3 nitrogen and oxygen atoms in total. The van der Waals surface area contributed by atoms with E-state index >= 15 is 0 Å². The molecule has 0 aliphatic carbocycles. The highest BCUT2D eigenvalue weighted by Gasteiger charge is 2.44. The van der Waals surface area contributed by atoms with Crippen LogP contribution in [0.2, 0.25) is 0 Å². The van der Waals surface area contributed by atoms with Gasteiger partial charge in [0, 0.05) is 12.1 Å². The molecule has 1 heterocycles. The fourth-order valence-electron chi connectivity index (χ4n) is 3.24. The van der Waals surface area contributed by atoms with Crippen molar-refractivity contribution in [3.05, 3.63) is 77.9 Å². The lowest BCUT2D eigenvalue weighted by molar-refractivity contribution is -0.161. The molecule has 1 aliphatic heterocycles. The second-order valence-corrected chi connectivity index (χ2v) is 7.98. The highest BCUT2D eigenvalue weighted by molar-refractivity contribution is 6.04. The summed E-state index contributed by atoms with van der Waals surface area (Å²) >= 11 is 0. The molecule has 0 spiro atoms. The molecule has 1 atom stereocenters. The first-order valence-electron chi connectivity index (χ1n) is 9.47. The molecule has 0 unspecified atom stereocenters. The summed E-state index contributed by atoms with van der Waals surface area (Å²) in [4.78, 5) is 17.9. The fourth-order valence-corrected chi connectivity index (χ4v) is 3.24. The summed E-state index contributed by atoms with van der Waals surface area (Å²) in [6, 6.07) is 20.2. The number of hydrogen-bond donors (Lipinski definition) is 0. The molecular formula is C24H27NO2. The Balaban J connectivity index is 1.87. The number of rotatable bonds is 5. The fraction of sp³-hybridized carbons (Fsp3) is 0.333. The van der Waals surface area contributed by atoms with E-state index in [4.69, 9.17) is 9.73 Å². The van der Waals surface area contributed by atoms with Gasteiger partial charge >= 0.3 is 5.97 Å². The van der Waals surface area contributed by atoms with Crippen LogP contribution in [0.4, 0.5) is 0 Å². The van der Waals surface area contributed by atoms with E-state index in [-0.39, 0.29) is 5.97 Å². The number of carbonyl (C=O) groups excluding carboxylic acids is 1. The average Bonchev–Trinajstić information content (AvgIpc) is 3.08. The Labute approximate surface area is 161 Å². The standard InChI is InChI=1S/C24H27NO2/c1-23(2,3)27-22(26)24(17-10-13-19-11-6-4-7-12-19)18-16-21(25-24)20-14-8-5-9-15-20/h4-15H,16-18H2,1-3H3/b13-10+/t24-/m1/s1. The van der Waals surface area contributed by atoms with Crippen molar-refractivity contribution in [1.82, 2.24) is 0 Å². The molecule has 3 rings (SSSR count). The molecule has 0 radical (unpaired) electrons. The van der Waals surface area contributed by atoms with Crippen molar-refractivity contribution in [2.75, 3.05) is 0 Å². The van der Waals surface area contributed by atoms with Gasteiger partial charge in [-0.1, -0.05) is 72.8 Å². The first-order chi connectivity index (χ1) is 12.9. The summed E-state index contributed by atoms with van der Waals surface area (Å²) in [5, 5.41) is 0. The molecule has 2 aromatic rings. The molecule has 140 valence electrons. The highest BCUT2D eigenvalue weighted by Crippen LogP contribution is 2.35. The number of benzene rings is 2. The Morgan fingerprint density at radius 1 is 1.07 bits per heavy atom. The van der Waals surface area contributed by atoms with Gasteiger partial charge in [-0.3, -0.25) is 4.99 Å². The highest BCUT2D eigenvalue weighted by atomic mass is 16.6. The van der Waals surface area contributed by atoms with E-state index < -0.39 is 11.1 Å². The van der Waals surface area contributed by atoms with Gasteiger partial charge in [-0.05, 0) is 44.7 Å². The van der Waals surface area contributed by atoms with Gasteiger partial charge in [-0.15, -0.1) is 0 Å². The van der Waals surface area contributed by atoms with Crippen LogP contribution >= 0.6 is 0 Å². The predicted octanol–water partition coefficient (Wildman–Crippen LogP) is 5.45. The van der Waals surface area contributed by atoms with Crippen molar-refractivity contribution in [3.8, 4) is 0 Å². The van der Waals surface area contributed by atoms with Crippen molar-refractivity contribution in [1.29, 1.82) is 0 Å². The summed E-state index contributed by atoms with van der Waals surface area (Å²) < 4.78 is 5.73. The molecule has 27 heavy (non-hydrogen) atoms. The topological polar surface area (TPSA) is 38.7 Å². The number of ether oxygens (including phenoxy) is 1. The number of carbonyl (C=O) groups is 1. The van der Waals surface area contributed by atoms with Gasteiger partial charge in [0.25, 0.3) is 0 Å². The molecule has 0 fully saturated rings. The van der Waals surface area contributed by atoms with Crippen LogP contribution in [-0.2, 0) is 9.53 Å². The largest absolute Gasteiger partial charge is 0.458 e. The summed E-state index contributed by atoms with van der Waals surface area (Å²) in [5.41, 5.74) is 1.80. The Hall–Kier alpha value is -2.68. The monoisotopic (exact) mass is 361 g/mol. The summed E-state index contributed by atoms with van der Waals surface area (Å²) in [6.45, 7) is 5.69. The zero-order valence-corrected chi connectivity index (χ0v) is 16.3. The Kier molecular flexibility index (Phi) is 5.59. The molecule has 0 aromatic heterocycles. The van der Waals surface area contributed by atoms with Crippen LogP contribution in [0, 0.1) is 0 Å². The lowest BCUT2D eigenvalue weighted by Gasteiger charge is -2.28. The van der Waals surface area contributed by atoms with E-state index in [9.17, 15) is 4.79 Å². The summed E-state index contributed by atoms with van der Waals surface area (Å²) in [6.07, 6.45) is 6.07. The van der Waals surface area contributed by atoms with E-state index in [2.05, 4.69) is 0 Å². The Morgan fingerprint density at radius 3 is 2.33 bits per heavy atom. The molecule has 3 heteroatoms. The van der Waals surface area contributed by atoms with Gasteiger partial charge < -0.3 is 4.74 Å². The molecular weight excluding hydrogens is 334 g/mol. The van der Waals surface area contributed by atoms with Gasteiger partial charge in [-0.25, -0.2) is 4.79 Å². The van der Waals surface area contributed by atoms with Crippen LogP contribution in [0.15, 0.2) is 71.7 Å². The van der Waals surface area contributed by atoms with Crippen molar-refractivity contribution in [2.45, 2.75) is 51.2 Å². The maximum absolute atomic E-state index is 13.0. The first-order valence-corrected chi connectivity index (χ1v) is 9.47. The first kappa shape index (κ1) is 19.1. The normalized spacial score (nSPS) is 19.9. The minimum atomic E-state index is -0.844. The number of hydrogen-bond acceptors (Lipinski definition) is 3. The molecule has 0 saturated carbocycles.